The fourth-order valence-corrected chi connectivity index (χ4v) is 2.07. The maximum Gasteiger partial charge on any atom is 0.231 e. The van der Waals surface area contributed by atoms with Crippen LogP contribution in [0, 0.1) is 0 Å². The second-order valence-electron chi connectivity index (χ2n) is 5.19. The molecule has 2 N–H and O–H groups in total. The average Bonchev–Trinajstić information content (AvgIpc) is 2.14. The molecule has 0 saturated carbocycles. The number of rotatable bonds is 3. The largest absolute Gasteiger partial charge is 0.369 e. The Kier molecular flexibility index (Phi) is 3.91. The lowest BCUT2D eigenvalue weighted by molar-refractivity contribution is -0.121. The minimum atomic E-state index is -0.246. The first kappa shape index (κ1) is 12.2. The number of hydrogen-bond acceptors (Lipinski definition) is 2. The fourth-order valence-electron chi connectivity index (χ4n) is 2.07. The predicted molar refractivity (Wildman–Crippen MR) is 62.4 cm³/mol. The molecule has 3 nitrogen and oxygen atoms in total. The number of carbonyl (C=O) groups is 1. The van der Waals surface area contributed by atoms with E-state index in [0.717, 1.165) is 12.8 Å². The molecule has 15 heavy (non-hydrogen) atoms. The van der Waals surface area contributed by atoms with Gasteiger partial charge in [-0.3, -0.25) is 9.69 Å². The first-order valence-corrected chi connectivity index (χ1v) is 5.63. The first-order chi connectivity index (χ1) is 6.91. The molecule has 0 fully saturated rings. The summed E-state index contributed by atoms with van der Waals surface area (Å²) in [5.41, 5.74) is 5.28. The van der Waals surface area contributed by atoms with E-state index in [1.165, 1.54) is 6.42 Å². The molecule has 1 amide bonds. The SMILES string of the molecule is CC(C)(C)N(CC(N)=O)[C@@H]1C=CCCC1. The quantitative estimate of drug-likeness (QED) is 0.720. The van der Waals surface area contributed by atoms with E-state index in [1.54, 1.807) is 0 Å². The van der Waals surface area contributed by atoms with Gasteiger partial charge in [0.25, 0.3) is 0 Å². The smallest absolute Gasteiger partial charge is 0.231 e. The number of nitrogens with zero attached hydrogens (tertiary/aromatic N) is 1. The number of allylic oxidation sites excluding steroid dienone is 1. The zero-order valence-corrected chi connectivity index (χ0v) is 9.99. The highest BCUT2D eigenvalue weighted by Gasteiger charge is 2.29. The van der Waals surface area contributed by atoms with Gasteiger partial charge in [0.2, 0.25) is 5.91 Å². The van der Waals surface area contributed by atoms with Crippen molar-refractivity contribution in [3.05, 3.63) is 12.2 Å². The Balaban J connectivity index is 2.75. The highest BCUT2D eigenvalue weighted by atomic mass is 16.1. The molecule has 0 unspecified atom stereocenters. The van der Waals surface area contributed by atoms with Crippen LogP contribution in [0.5, 0.6) is 0 Å². The molecule has 0 aromatic heterocycles. The lowest BCUT2D eigenvalue weighted by Gasteiger charge is -2.40. The summed E-state index contributed by atoms with van der Waals surface area (Å²) >= 11 is 0. The molecule has 0 aromatic rings. The summed E-state index contributed by atoms with van der Waals surface area (Å²) in [5, 5.41) is 0. The molecule has 1 aliphatic rings. The zero-order chi connectivity index (χ0) is 11.5. The summed E-state index contributed by atoms with van der Waals surface area (Å²) in [6.45, 7) is 6.72. The van der Waals surface area contributed by atoms with Gasteiger partial charge in [0.15, 0.2) is 0 Å². The van der Waals surface area contributed by atoms with Crippen LogP contribution in [0.3, 0.4) is 0 Å². The lowest BCUT2D eigenvalue weighted by Crippen LogP contribution is -2.51. The molecule has 86 valence electrons. The van der Waals surface area contributed by atoms with Crippen LogP contribution in [0.2, 0.25) is 0 Å². The third-order valence-electron chi connectivity index (χ3n) is 2.82. The van der Waals surface area contributed by atoms with Crippen LogP contribution in [-0.4, -0.2) is 28.9 Å². The Morgan fingerprint density at radius 3 is 2.60 bits per heavy atom. The Hall–Kier alpha value is -0.830. The third-order valence-corrected chi connectivity index (χ3v) is 2.82. The maximum absolute atomic E-state index is 11.1. The van der Waals surface area contributed by atoms with Gasteiger partial charge < -0.3 is 5.73 Å². The van der Waals surface area contributed by atoms with Crippen molar-refractivity contribution in [2.45, 2.75) is 51.6 Å². The van der Waals surface area contributed by atoms with E-state index in [0.29, 0.717) is 12.6 Å². The van der Waals surface area contributed by atoms with E-state index in [9.17, 15) is 4.79 Å². The van der Waals surface area contributed by atoms with Gasteiger partial charge in [0.05, 0.1) is 6.54 Å². The third kappa shape index (κ3) is 3.67. The van der Waals surface area contributed by atoms with Gasteiger partial charge in [0, 0.05) is 11.6 Å². The second-order valence-corrected chi connectivity index (χ2v) is 5.19. The fraction of sp³-hybridized carbons (Fsp3) is 0.750. The molecule has 1 atom stereocenters. The van der Waals surface area contributed by atoms with E-state index in [4.69, 9.17) is 5.73 Å². The summed E-state index contributed by atoms with van der Waals surface area (Å²) < 4.78 is 0. The van der Waals surface area contributed by atoms with Crippen LogP contribution in [0.15, 0.2) is 12.2 Å². The molecule has 0 aliphatic heterocycles. The number of amides is 1. The minimum absolute atomic E-state index is 0.0125. The van der Waals surface area contributed by atoms with Gasteiger partial charge >= 0.3 is 0 Å². The normalized spacial score (nSPS) is 22.0. The number of carbonyl (C=O) groups excluding carboxylic acids is 1. The number of nitrogens with two attached hydrogens (primary N) is 1. The first-order valence-electron chi connectivity index (χ1n) is 5.63. The Morgan fingerprint density at radius 1 is 1.53 bits per heavy atom. The second kappa shape index (κ2) is 4.79. The van der Waals surface area contributed by atoms with Crippen LogP contribution < -0.4 is 5.73 Å². The molecule has 3 heteroatoms. The lowest BCUT2D eigenvalue weighted by atomic mass is 9.95. The molecule has 0 heterocycles. The van der Waals surface area contributed by atoms with E-state index in [-0.39, 0.29) is 11.4 Å². The minimum Gasteiger partial charge on any atom is -0.369 e. The van der Waals surface area contributed by atoms with Gasteiger partial charge in [0.1, 0.15) is 0 Å². The topological polar surface area (TPSA) is 46.3 Å². The average molecular weight is 210 g/mol. The van der Waals surface area contributed by atoms with Crippen LogP contribution in [0.4, 0.5) is 0 Å². The predicted octanol–water partition coefficient (Wildman–Crippen LogP) is 1.68. The molecule has 1 rings (SSSR count). The van der Waals surface area contributed by atoms with Gasteiger partial charge in [-0.05, 0) is 40.0 Å². The number of hydrogen-bond donors (Lipinski definition) is 1. The van der Waals surface area contributed by atoms with Gasteiger partial charge in [-0.25, -0.2) is 0 Å². The molecule has 0 radical (unpaired) electrons. The molecule has 0 aromatic carbocycles. The molecule has 0 bridgehead atoms. The van der Waals surface area contributed by atoms with Crippen molar-refractivity contribution in [3.8, 4) is 0 Å². The molecule has 1 aliphatic carbocycles. The van der Waals surface area contributed by atoms with E-state index in [2.05, 4.69) is 37.8 Å². The van der Waals surface area contributed by atoms with Crippen molar-refractivity contribution < 1.29 is 4.79 Å². The monoisotopic (exact) mass is 210 g/mol. The van der Waals surface area contributed by atoms with Crippen molar-refractivity contribution in [1.82, 2.24) is 4.90 Å². The van der Waals surface area contributed by atoms with E-state index < -0.39 is 0 Å². The van der Waals surface area contributed by atoms with Crippen molar-refractivity contribution in [1.29, 1.82) is 0 Å². The molecule has 0 spiro atoms. The van der Waals surface area contributed by atoms with Crippen LogP contribution in [0.25, 0.3) is 0 Å². The Labute approximate surface area is 92.3 Å². The summed E-state index contributed by atoms with van der Waals surface area (Å²) in [4.78, 5) is 13.2. The van der Waals surface area contributed by atoms with Crippen molar-refractivity contribution >= 4 is 5.91 Å². The molecular weight excluding hydrogens is 188 g/mol. The van der Waals surface area contributed by atoms with Crippen molar-refractivity contribution in [3.63, 3.8) is 0 Å². The Morgan fingerprint density at radius 2 is 2.20 bits per heavy atom. The highest BCUT2D eigenvalue weighted by molar-refractivity contribution is 5.76. The maximum atomic E-state index is 11.1. The van der Waals surface area contributed by atoms with Crippen molar-refractivity contribution in [2.75, 3.05) is 6.54 Å². The van der Waals surface area contributed by atoms with Gasteiger partial charge in [-0.1, -0.05) is 12.2 Å². The van der Waals surface area contributed by atoms with E-state index >= 15 is 0 Å². The summed E-state index contributed by atoms with van der Waals surface area (Å²) in [5.74, 6) is -0.246. The summed E-state index contributed by atoms with van der Waals surface area (Å²) in [6, 6.07) is 0.367. The molecule has 0 saturated heterocycles. The van der Waals surface area contributed by atoms with Crippen LogP contribution >= 0.6 is 0 Å². The van der Waals surface area contributed by atoms with Crippen molar-refractivity contribution in [2.24, 2.45) is 5.73 Å². The van der Waals surface area contributed by atoms with E-state index in [1.807, 2.05) is 0 Å². The zero-order valence-electron chi connectivity index (χ0n) is 9.99. The summed E-state index contributed by atoms with van der Waals surface area (Å²) in [6.07, 6.45) is 7.89. The standard InChI is InChI=1S/C12H22N2O/c1-12(2,3)14(9-11(13)15)10-7-5-4-6-8-10/h5,7,10H,4,6,8-9H2,1-3H3,(H2,13,15)/t10-/m1/s1. The van der Waals surface area contributed by atoms with Crippen LogP contribution in [-0.2, 0) is 4.79 Å². The highest BCUT2D eigenvalue weighted by Crippen LogP contribution is 2.23. The van der Waals surface area contributed by atoms with Gasteiger partial charge in [-0.2, -0.15) is 0 Å². The summed E-state index contributed by atoms with van der Waals surface area (Å²) in [7, 11) is 0. The Bertz CT molecular complexity index is 253. The number of primary amides is 1. The van der Waals surface area contributed by atoms with Crippen LogP contribution in [0.1, 0.15) is 40.0 Å². The van der Waals surface area contributed by atoms with Gasteiger partial charge in [-0.15, -0.1) is 0 Å². The molecular formula is C12H22N2O.